The quantitative estimate of drug-likeness (QED) is 0.713. The fourth-order valence-corrected chi connectivity index (χ4v) is 1.48. The maximum absolute atomic E-state index is 12.0. The van der Waals surface area contributed by atoms with Crippen molar-refractivity contribution in [3.63, 3.8) is 0 Å². The van der Waals surface area contributed by atoms with E-state index in [0.29, 0.717) is 9.50 Å². The molecule has 13 heavy (non-hydrogen) atoms. The summed E-state index contributed by atoms with van der Waals surface area (Å²) in [6.07, 6.45) is -0.865. The van der Waals surface area contributed by atoms with Gasteiger partial charge in [0.15, 0.2) is 0 Å². The van der Waals surface area contributed by atoms with Gasteiger partial charge >= 0.3 is 6.98 Å². The molecule has 0 aliphatic heterocycles. The van der Waals surface area contributed by atoms with Gasteiger partial charge in [0.1, 0.15) is 0 Å². The van der Waals surface area contributed by atoms with Crippen LogP contribution in [0, 0.1) is 0 Å². The molecule has 0 unspecified atom stereocenters. The van der Waals surface area contributed by atoms with Crippen molar-refractivity contribution >= 4 is 34.5 Å². The molecule has 0 atom stereocenters. The molecule has 6 heteroatoms. The Bertz CT molecular complexity index is 313. The Kier molecular flexibility index (Phi) is 3.30. The van der Waals surface area contributed by atoms with Gasteiger partial charge in [-0.2, -0.15) is 0 Å². The third-order valence-electron chi connectivity index (χ3n) is 1.45. The molecule has 0 heterocycles. The van der Waals surface area contributed by atoms with E-state index in [0.717, 1.165) is 0 Å². The summed E-state index contributed by atoms with van der Waals surface area (Å²) < 4.78 is 36.5. The van der Waals surface area contributed by atoms with E-state index >= 15 is 0 Å². The highest BCUT2D eigenvalue weighted by molar-refractivity contribution is 9.10. The van der Waals surface area contributed by atoms with Crippen LogP contribution in [0.25, 0.3) is 0 Å². The molecule has 0 fully saturated rings. The highest BCUT2D eigenvalue weighted by Gasteiger charge is 2.23. The smallest absolute Gasteiger partial charge is 0.449 e. The van der Waals surface area contributed by atoms with Crippen molar-refractivity contribution in [3.05, 3.63) is 33.3 Å². The van der Waals surface area contributed by atoms with Crippen LogP contribution in [0.4, 0.5) is 12.9 Å². The summed E-state index contributed by atoms with van der Waals surface area (Å²) in [6.45, 7) is -4.77. The van der Waals surface area contributed by atoms with E-state index in [4.69, 9.17) is 11.6 Å². The van der Waals surface area contributed by atoms with Crippen molar-refractivity contribution in [2.75, 3.05) is 0 Å². The molecule has 0 saturated carbocycles. The van der Waals surface area contributed by atoms with Crippen LogP contribution in [-0.4, -0.2) is 6.98 Å². The standard InChI is InChI=1S/C7H5BBrClF3/c9-6-3-5(1-2-7(6)10)4-8(11,12)13/h1-3H,4H2/q-1. The minimum Gasteiger partial charge on any atom is -0.449 e. The minimum atomic E-state index is -4.77. The number of rotatable bonds is 2. The van der Waals surface area contributed by atoms with Gasteiger partial charge in [-0.15, -0.1) is 0 Å². The molecule has 72 valence electrons. The topological polar surface area (TPSA) is 0 Å². The number of halogens is 5. The average molecular weight is 272 g/mol. The molecule has 0 bridgehead atoms. The van der Waals surface area contributed by atoms with Gasteiger partial charge in [-0.05, 0) is 28.1 Å². The Morgan fingerprint density at radius 1 is 1.31 bits per heavy atom. The molecule has 0 aliphatic rings. The van der Waals surface area contributed by atoms with E-state index in [1.807, 2.05) is 0 Å². The van der Waals surface area contributed by atoms with Gasteiger partial charge < -0.3 is 12.9 Å². The summed E-state index contributed by atoms with van der Waals surface area (Å²) in [7, 11) is 0. The molecule has 0 aliphatic carbocycles. The predicted molar refractivity (Wildman–Crippen MR) is 51.9 cm³/mol. The lowest BCUT2D eigenvalue weighted by Gasteiger charge is -2.13. The third kappa shape index (κ3) is 3.61. The van der Waals surface area contributed by atoms with Crippen molar-refractivity contribution in [2.45, 2.75) is 6.32 Å². The zero-order chi connectivity index (χ0) is 10.1. The monoisotopic (exact) mass is 271 g/mol. The van der Waals surface area contributed by atoms with Crippen LogP contribution in [-0.2, 0) is 6.32 Å². The largest absolute Gasteiger partial charge is 0.482 e. The maximum Gasteiger partial charge on any atom is 0.482 e. The molecule has 1 aromatic rings. The van der Waals surface area contributed by atoms with E-state index in [2.05, 4.69) is 15.9 Å². The number of hydrogen-bond acceptors (Lipinski definition) is 0. The molecule has 0 amide bonds. The Morgan fingerprint density at radius 3 is 2.38 bits per heavy atom. The van der Waals surface area contributed by atoms with Crippen LogP contribution < -0.4 is 0 Å². The molecule has 1 rings (SSSR count). The predicted octanol–water partition coefficient (Wildman–Crippen LogP) is 4.03. The van der Waals surface area contributed by atoms with Crippen LogP contribution in [0.3, 0.4) is 0 Å². The summed E-state index contributed by atoms with van der Waals surface area (Å²) in [4.78, 5) is 0. The van der Waals surface area contributed by atoms with Crippen molar-refractivity contribution in [1.29, 1.82) is 0 Å². The lowest BCUT2D eigenvalue weighted by Crippen LogP contribution is -2.19. The number of benzene rings is 1. The average Bonchev–Trinajstić information content (AvgIpc) is 1.94. The Hall–Kier alpha value is -0.155. The first kappa shape index (κ1) is 10.9. The summed E-state index contributed by atoms with van der Waals surface area (Å²) in [6, 6.07) is 4.21. The van der Waals surface area contributed by atoms with Gasteiger partial charge in [0.25, 0.3) is 0 Å². The molecule has 0 N–H and O–H groups in total. The van der Waals surface area contributed by atoms with Gasteiger partial charge in [0, 0.05) is 4.47 Å². The molecule has 0 saturated heterocycles. The van der Waals surface area contributed by atoms with Gasteiger partial charge in [0.2, 0.25) is 0 Å². The first-order chi connectivity index (χ1) is 5.88. The van der Waals surface area contributed by atoms with Crippen molar-refractivity contribution in [3.8, 4) is 0 Å². The SMILES string of the molecule is F[B-](F)(F)Cc1ccc(Cl)c(Br)c1. The maximum atomic E-state index is 12.0. The van der Waals surface area contributed by atoms with Gasteiger partial charge in [-0.25, -0.2) is 0 Å². The first-order valence-corrected chi connectivity index (χ1v) is 4.70. The molecular weight excluding hydrogens is 267 g/mol. The zero-order valence-electron chi connectivity index (χ0n) is 6.41. The van der Waals surface area contributed by atoms with E-state index < -0.39 is 13.3 Å². The first-order valence-electron chi connectivity index (χ1n) is 3.53. The highest BCUT2D eigenvalue weighted by atomic mass is 79.9. The third-order valence-corrected chi connectivity index (χ3v) is 2.67. The molecule has 1 aromatic carbocycles. The second kappa shape index (κ2) is 3.92. The Morgan fingerprint density at radius 2 is 1.92 bits per heavy atom. The normalized spacial score (nSPS) is 11.8. The molecule has 0 aromatic heterocycles. The molecule has 0 nitrogen and oxygen atoms in total. The molecule has 0 spiro atoms. The van der Waals surface area contributed by atoms with Gasteiger partial charge in [-0.3, -0.25) is 0 Å². The number of hydrogen-bond donors (Lipinski definition) is 0. The lowest BCUT2D eigenvalue weighted by molar-refractivity contribution is 0.468. The second-order valence-electron chi connectivity index (χ2n) is 2.66. The van der Waals surface area contributed by atoms with E-state index in [1.165, 1.54) is 18.2 Å². The van der Waals surface area contributed by atoms with Crippen molar-refractivity contribution in [1.82, 2.24) is 0 Å². The summed E-state index contributed by atoms with van der Waals surface area (Å²) in [5, 5.41) is 0.415. The van der Waals surface area contributed by atoms with E-state index in [-0.39, 0.29) is 5.56 Å². The fraction of sp³-hybridized carbons (Fsp3) is 0.143. The van der Waals surface area contributed by atoms with Crippen molar-refractivity contribution < 1.29 is 12.9 Å². The minimum absolute atomic E-state index is 0.226. The summed E-state index contributed by atoms with van der Waals surface area (Å²) in [5.41, 5.74) is 0.226. The van der Waals surface area contributed by atoms with Crippen LogP contribution in [0.1, 0.15) is 5.56 Å². The zero-order valence-corrected chi connectivity index (χ0v) is 8.75. The Balaban J connectivity index is 2.86. The van der Waals surface area contributed by atoms with Crippen LogP contribution in [0.15, 0.2) is 22.7 Å². The highest BCUT2D eigenvalue weighted by Crippen LogP contribution is 2.25. The van der Waals surface area contributed by atoms with Crippen LogP contribution in [0.2, 0.25) is 5.02 Å². The van der Waals surface area contributed by atoms with Gasteiger partial charge in [0.05, 0.1) is 5.02 Å². The summed E-state index contributed by atoms with van der Waals surface area (Å²) in [5.74, 6) is 0. The second-order valence-corrected chi connectivity index (χ2v) is 3.92. The summed E-state index contributed by atoms with van der Waals surface area (Å²) >= 11 is 8.69. The van der Waals surface area contributed by atoms with Crippen LogP contribution in [0.5, 0.6) is 0 Å². The fourth-order valence-electron chi connectivity index (χ4n) is 0.934. The molecular formula is C7H5BBrClF3-. The Labute approximate surface area is 87.3 Å². The van der Waals surface area contributed by atoms with Crippen LogP contribution >= 0.6 is 27.5 Å². The molecule has 0 radical (unpaired) electrons. The van der Waals surface area contributed by atoms with Crippen molar-refractivity contribution in [2.24, 2.45) is 0 Å². The van der Waals surface area contributed by atoms with Gasteiger partial charge in [-0.1, -0.05) is 29.6 Å². The van der Waals surface area contributed by atoms with E-state index in [9.17, 15) is 12.9 Å². The van der Waals surface area contributed by atoms with E-state index in [1.54, 1.807) is 0 Å². The lowest BCUT2D eigenvalue weighted by atomic mass is 9.82.